The predicted molar refractivity (Wildman–Crippen MR) is 84.8 cm³/mol. The highest BCUT2D eigenvalue weighted by molar-refractivity contribution is 6.30. The molecule has 5 heteroatoms. The third-order valence-electron chi connectivity index (χ3n) is 3.50. The van der Waals surface area contributed by atoms with Crippen LogP contribution in [-0.4, -0.2) is 19.1 Å². The fraction of sp³-hybridized carbons (Fsp3) is 0.235. The molecule has 4 nitrogen and oxygen atoms in total. The molecule has 1 N–H and O–H groups in total. The van der Waals surface area contributed by atoms with Crippen LogP contribution in [0.25, 0.3) is 0 Å². The Labute approximate surface area is 134 Å². The van der Waals surface area contributed by atoms with Gasteiger partial charge >= 0.3 is 0 Å². The molecule has 1 amide bonds. The smallest absolute Gasteiger partial charge is 0.251 e. The van der Waals surface area contributed by atoms with Gasteiger partial charge in [0.15, 0.2) is 11.5 Å². The molecule has 0 radical (unpaired) electrons. The van der Waals surface area contributed by atoms with Gasteiger partial charge in [0.25, 0.3) is 5.91 Å². The molecule has 1 heterocycles. The van der Waals surface area contributed by atoms with Crippen LogP contribution >= 0.6 is 11.6 Å². The maximum atomic E-state index is 12.2. The fourth-order valence-corrected chi connectivity index (χ4v) is 2.51. The second-order valence-corrected chi connectivity index (χ2v) is 5.55. The normalized spacial score (nSPS) is 14.3. The van der Waals surface area contributed by atoms with Gasteiger partial charge in [0, 0.05) is 10.6 Å². The first-order chi connectivity index (χ1) is 10.6. The highest BCUT2D eigenvalue weighted by Gasteiger charge is 2.16. The number of rotatable bonds is 3. The van der Waals surface area contributed by atoms with E-state index >= 15 is 0 Å². The van der Waals surface area contributed by atoms with Crippen LogP contribution in [-0.2, 0) is 0 Å². The van der Waals surface area contributed by atoms with Gasteiger partial charge in [0.1, 0.15) is 13.2 Å². The largest absolute Gasteiger partial charge is 0.486 e. The maximum Gasteiger partial charge on any atom is 0.251 e. The number of nitrogens with one attached hydrogen (secondary N) is 1. The highest BCUT2D eigenvalue weighted by atomic mass is 35.5. The lowest BCUT2D eigenvalue weighted by atomic mass is 10.1. The molecule has 0 aromatic heterocycles. The Morgan fingerprint density at radius 3 is 2.68 bits per heavy atom. The number of halogens is 1. The summed E-state index contributed by atoms with van der Waals surface area (Å²) in [6.45, 7) is 3.03. The number of ether oxygens (including phenoxy) is 2. The average Bonchev–Trinajstić information content (AvgIpc) is 2.54. The molecular formula is C17H16ClNO3. The van der Waals surface area contributed by atoms with Crippen LogP contribution in [0.1, 0.15) is 28.9 Å². The minimum atomic E-state index is -0.162. The molecule has 114 valence electrons. The van der Waals surface area contributed by atoms with Crippen molar-refractivity contribution in [1.29, 1.82) is 0 Å². The molecule has 0 saturated heterocycles. The SMILES string of the molecule is C[C@@H](NC(=O)c1cccc(Cl)c1)c1ccc2c(c1)OCCO2. The summed E-state index contributed by atoms with van der Waals surface area (Å²) < 4.78 is 11.1. The van der Waals surface area contributed by atoms with Crippen molar-refractivity contribution in [2.24, 2.45) is 0 Å². The van der Waals surface area contributed by atoms with E-state index in [0.717, 1.165) is 11.3 Å². The standard InChI is InChI=1S/C17H16ClNO3/c1-11(19-17(20)13-3-2-4-14(18)9-13)12-5-6-15-16(10-12)22-8-7-21-15/h2-6,9-11H,7-8H2,1H3,(H,19,20)/t11-/m1/s1. The van der Waals surface area contributed by atoms with Crippen molar-refractivity contribution in [2.45, 2.75) is 13.0 Å². The Bertz CT molecular complexity index is 702. The lowest BCUT2D eigenvalue weighted by molar-refractivity contribution is 0.0939. The number of carbonyl (C=O) groups excluding carboxylic acids is 1. The monoisotopic (exact) mass is 317 g/mol. The van der Waals surface area contributed by atoms with Crippen LogP contribution in [0.3, 0.4) is 0 Å². The van der Waals surface area contributed by atoms with E-state index in [9.17, 15) is 4.79 Å². The number of hydrogen-bond acceptors (Lipinski definition) is 3. The van der Waals surface area contributed by atoms with E-state index in [-0.39, 0.29) is 11.9 Å². The molecule has 2 aromatic carbocycles. The Hall–Kier alpha value is -2.20. The Morgan fingerprint density at radius 1 is 1.14 bits per heavy atom. The molecule has 22 heavy (non-hydrogen) atoms. The summed E-state index contributed by atoms with van der Waals surface area (Å²) in [4.78, 5) is 12.2. The summed E-state index contributed by atoms with van der Waals surface area (Å²) >= 11 is 5.91. The summed E-state index contributed by atoms with van der Waals surface area (Å²) in [5.74, 6) is 1.29. The fourth-order valence-electron chi connectivity index (χ4n) is 2.32. The van der Waals surface area contributed by atoms with Crippen molar-refractivity contribution < 1.29 is 14.3 Å². The average molecular weight is 318 g/mol. The van der Waals surface area contributed by atoms with Crippen molar-refractivity contribution in [2.75, 3.05) is 13.2 Å². The zero-order valence-electron chi connectivity index (χ0n) is 12.1. The van der Waals surface area contributed by atoms with E-state index < -0.39 is 0 Å². The van der Waals surface area contributed by atoms with Gasteiger partial charge in [-0.2, -0.15) is 0 Å². The first kappa shape index (κ1) is 14.7. The van der Waals surface area contributed by atoms with Gasteiger partial charge in [-0.05, 0) is 42.8 Å². The first-order valence-corrected chi connectivity index (χ1v) is 7.47. The van der Waals surface area contributed by atoms with Crippen LogP contribution in [0.4, 0.5) is 0 Å². The summed E-state index contributed by atoms with van der Waals surface area (Å²) in [7, 11) is 0. The van der Waals surface area contributed by atoms with Crippen LogP contribution in [0.2, 0.25) is 5.02 Å². The first-order valence-electron chi connectivity index (χ1n) is 7.09. The molecule has 2 aromatic rings. The van der Waals surface area contributed by atoms with E-state index in [1.807, 2.05) is 25.1 Å². The number of fused-ring (bicyclic) bond motifs is 1. The van der Waals surface area contributed by atoms with Crippen molar-refractivity contribution >= 4 is 17.5 Å². The maximum absolute atomic E-state index is 12.2. The Morgan fingerprint density at radius 2 is 1.91 bits per heavy atom. The number of carbonyl (C=O) groups is 1. The Balaban J connectivity index is 1.74. The van der Waals surface area contributed by atoms with Crippen LogP contribution in [0, 0.1) is 0 Å². The summed E-state index contributed by atoms with van der Waals surface area (Å²) in [5, 5.41) is 3.49. The zero-order chi connectivity index (χ0) is 15.5. The molecule has 3 rings (SSSR count). The minimum absolute atomic E-state index is 0.151. The summed E-state index contributed by atoms with van der Waals surface area (Å²) in [6.07, 6.45) is 0. The molecule has 1 atom stereocenters. The van der Waals surface area contributed by atoms with E-state index in [2.05, 4.69) is 5.32 Å². The highest BCUT2D eigenvalue weighted by Crippen LogP contribution is 2.32. The van der Waals surface area contributed by atoms with Gasteiger partial charge in [-0.3, -0.25) is 4.79 Å². The minimum Gasteiger partial charge on any atom is -0.486 e. The van der Waals surface area contributed by atoms with Gasteiger partial charge in [-0.1, -0.05) is 23.7 Å². The summed E-state index contributed by atoms with van der Waals surface area (Å²) in [6, 6.07) is 12.4. The van der Waals surface area contributed by atoms with Gasteiger partial charge in [0.05, 0.1) is 6.04 Å². The molecule has 0 spiro atoms. The second-order valence-electron chi connectivity index (χ2n) is 5.11. The molecule has 0 fully saturated rings. The van der Waals surface area contributed by atoms with Gasteiger partial charge < -0.3 is 14.8 Å². The molecule has 1 aliphatic heterocycles. The molecule has 1 aliphatic rings. The molecular weight excluding hydrogens is 302 g/mol. The van der Waals surface area contributed by atoms with Gasteiger partial charge in [-0.15, -0.1) is 0 Å². The zero-order valence-corrected chi connectivity index (χ0v) is 12.9. The molecule has 0 bridgehead atoms. The molecule has 0 aliphatic carbocycles. The lowest BCUT2D eigenvalue weighted by Crippen LogP contribution is -2.26. The summed E-state index contributed by atoms with van der Waals surface area (Å²) in [5.41, 5.74) is 1.50. The van der Waals surface area contributed by atoms with Gasteiger partial charge in [0.2, 0.25) is 0 Å². The van der Waals surface area contributed by atoms with Crippen molar-refractivity contribution in [3.8, 4) is 11.5 Å². The molecule has 0 unspecified atom stereocenters. The topological polar surface area (TPSA) is 47.6 Å². The number of hydrogen-bond donors (Lipinski definition) is 1. The van der Waals surface area contributed by atoms with E-state index in [1.165, 1.54) is 0 Å². The molecule has 0 saturated carbocycles. The van der Waals surface area contributed by atoms with Crippen LogP contribution in [0.15, 0.2) is 42.5 Å². The van der Waals surface area contributed by atoms with Crippen molar-refractivity contribution in [3.05, 3.63) is 58.6 Å². The third kappa shape index (κ3) is 3.17. The third-order valence-corrected chi connectivity index (χ3v) is 3.74. The Kier molecular flexibility index (Phi) is 4.20. The van der Waals surface area contributed by atoms with Crippen molar-refractivity contribution in [1.82, 2.24) is 5.32 Å². The van der Waals surface area contributed by atoms with Crippen LogP contribution in [0.5, 0.6) is 11.5 Å². The van der Waals surface area contributed by atoms with E-state index in [0.29, 0.717) is 29.5 Å². The quantitative estimate of drug-likeness (QED) is 0.941. The van der Waals surface area contributed by atoms with Crippen molar-refractivity contribution in [3.63, 3.8) is 0 Å². The van der Waals surface area contributed by atoms with Crippen LogP contribution < -0.4 is 14.8 Å². The van der Waals surface area contributed by atoms with Gasteiger partial charge in [-0.25, -0.2) is 0 Å². The lowest BCUT2D eigenvalue weighted by Gasteiger charge is -2.21. The second kappa shape index (κ2) is 6.28. The van der Waals surface area contributed by atoms with E-state index in [4.69, 9.17) is 21.1 Å². The number of amides is 1. The van der Waals surface area contributed by atoms with E-state index in [1.54, 1.807) is 24.3 Å². The number of benzene rings is 2. The predicted octanol–water partition coefficient (Wildman–Crippen LogP) is 3.60.